The summed E-state index contributed by atoms with van der Waals surface area (Å²) in [4.78, 5) is 8.18. The van der Waals surface area contributed by atoms with Gasteiger partial charge in [-0.05, 0) is 38.1 Å². The minimum atomic E-state index is -3.79. The monoisotopic (exact) mass is 331 g/mol. The second-order valence-corrected chi connectivity index (χ2v) is 6.91. The van der Waals surface area contributed by atoms with Crippen molar-refractivity contribution in [3.63, 3.8) is 0 Å². The fraction of sp³-hybridized carbons (Fsp3) is 0.125. The highest BCUT2D eigenvalue weighted by Crippen LogP contribution is 2.23. The van der Waals surface area contributed by atoms with E-state index >= 15 is 0 Å². The maximum atomic E-state index is 14.1. The van der Waals surface area contributed by atoms with Crippen LogP contribution in [0.3, 0.4) is 0 Å². The van der Waals surface area contributed by atoms with E-state index < -0.39 is 15.8 Å². The zero-order valence-electron chi connectivity index (χ0n) is 12.5. The Labute approximate surface area is 133 Å². The number of hydrogen-bond donors (Lipinski definition) is 1. The summed E-state index contributed by atoms with van der Waals surface area (Å²) in [7, 11) is -3.79. The van der Waals surface area contributed by atoms with Crippen molar-refractivity contribution in [3.8, 4) is 0 Å². The summed E-state index contributed by atoms with van der Waals surface area (Å²) >= 11 is 0. The van der Waals surface area contributed by atoms with Gasteiger partial charge in [0.1, 0.15) is 11.6 Å². The molecule has 0 spiro atoms. The maximum absolute atomic E-state index is 14.1. The van der Waals surface area contributed by atoms with E-state index in [1.54, 1.807) is 19.1 Å². The lowest BCUT2D eigenvalue weighted by atomic mass is 10.2. The predicted octanol–water partition coefficient (Wildman–Crippen LogP) is 3.19. The minimum absolute atomic E-state index is 0.113. The van der Waals surface area contributed by atoms with Gasteiger partial charge < -0.3 is 0 Å². The Morgan fingerprint density at radius 3 is 2.48 bits per heavy atom. The number of nitrogens with zero attached hydrogens (tertiary/aromatic N) is 2. The van der Waals surface area contributed by atoms with Gasteiger partial charge in [0.15, 0.2) is 0 Å². The predicted molar refractivity (Wildman–Crippen MR) is 86.2 cm³/mol. The summed E-state index contributed by atoms with van der Waals surface area (Å²) in [5.41, 5.74) is 1.42. The van der Waals surface area contributed by atoms with Crippen molar-refractivity contribution in [1.29, 1.82) is 0 Å². The van der Waals surface area contributed by atoms with Gasteiger partial charge in [0.2, 0.25) is 0 Å². The molecule has 0 amide bonds. The van der Waals surface area contributed by atoms with Crippen LogP contribution in [0.2, 0.25) is 0 Å². The van der Waals surface area contributed by atoms with Crippen molar-refractivity contribution < 1.29 is 12.8 Å². The second-order valence-electron chi connectivity index (χ2n) is 5.23. The van der Waals surface area contributed by atoms with Crippen LogP contribution in [0.15, 0.2) is 47.5 Å². The molecule has 3 rings (SSSR count). The first-order valence-electron chi connectivity index (χ1n) is 6.87. The largest absolute Gasteiger partial charge is 0.279 e. The molecule has 5 nitrogen and oxygen atoms in total. The highest BCUT2D eigenvalue weighted by atomic mass is 32.2. The summed E-state index contributed by atoms with van der Waals surface area (Å²) in [6, 6.07) is 9.01. The van der Waals surface area contributed by atoms with E-state index in [0.717, 1.165) is 11.6 Å². The molecule has 23 heavy (non-hydrogen) atoms. The molecular weight excluding hydrogens is 317 g/mol. The molecule has 0 saturated heterocycles. The van der Waals surface area contributed by atoms with Crippen LogP contribution in [0.4, 0.5) is 10.1 Å². The molecule has 0 aliphatic carbocycles. The molecule has 2 aromatic carbocycles. The lowest BCUT2D eigenvalue weighted by Crippen LogP contribution is -2.13. The van der Waals surface area contributed by atoms with Gasteiger partial charge in [-0.1, -0.05) is 17.7 Å². The van der Waals surface area contributed by atoms with Crippen LogP contribution < -0.4 is 4.72 Å². The second kappa shape index (κ2) is 5.58. The maximum Gasteiger partial charge on any atom is 0.261 e. The first-order valence-corrected chi connectivity index (χ1v) is 8.36. The van der Waals surface area contributed by atoms with E-state index in [4.69, 9.17) is 0 Å². The van der Waals surface area contributed by atoms with E-state index in [-0.39, 0.29) is 16.0 Å². The Morgan fingerprint density at radius 1 is 1.09 bits per heavy atom. The number of fused-ring (bicyclic) bond motifs is 1. The Bertz CT molecular complexity index is 986. The summed E-state index contributed by atoms with van der Waals surface area (Å²) in [5.74, 6) is -0.0976. The van der Waals surface area contributed by atoms with E-state index in [1.165, 1.54) is 24.4 Å². The van der Waals surface area contributed by atoms with Gasteiger partial charge in [0, 0.05) is 6.20 Å². The van der Waals surface area contributed by atoms with Crippen LogP contribution in [0.1, 0.15) is 11.4 Å². The molecule has 0 aliphatic heterocycles. The Morgan fingerprint density at radius 2 is 1.78 bits per heavy atom. The smallest absolute Gasteiger partial charge is 0.261 e. The van der Waals surface area contributed by atoms with Gasteiger partial charge in [-0.15, -0.1) is 0 Å². The van der Waals surface area contributed by atoms with Crippen LogP contribution in [0.25, 0.3) is 10.9 Å². The SMILES string of the molecule is Cc1ccc(S(=O)(=O)Nc2cc(F)c3cnc(C)nc3c2)cc1. The molecule has 0 saturated carbocycles. The van der Waals surface area contributed by atoms with Crippen LogP contribution in [0, 0.1) is 19.7 Å². The standard InChI is InChI=1S/C16H14FN3O2S/c1-10-3-5-13(6-4-10)23(21,22)20-12-7-15(17)14-9-18-11(2)19-16(14)8-12/h3-9,20H,1-2H3. The fourth-order valence-corrected chi connectivity index (χ4v) is 3.22. The average Bonchev–Trinajstić information content (AvgIpc) is 2.46. The van der Waals surface area contributed by atoms with E-state index in [0.29, 0.717) is 11.3 Å². The van der Waals surface area contributed by atoms with Gasteiger partial charge in [-0.2, -0.15) is 0 Å². The molecule has 118 valence electrons. The van der Waals surface area contributed by atoms with Crippen molar-refractivity contribution >= 4 is 26.6 Å². The number of anilines is 1. The quantitative estimate of drug-likeness (QED) is 0.800. The van der Waals surface area contributed by atoms with E-state index in [9.17, 15) is 12.8 Å². The highest BCUT2D eigenvalue weighted by molar-refractivity contribution is 7.92. The van der Waals surface area contributed by atoms with Crippen molar-refractivity contribution in [2.24, 2.45) is 0 Å². The Balaban J connectivity index is 2.02. The topological polar surface area (TPSA) is 72.0 Å². The number of rotatable bonds is 3. The summed E-state index contributed by atoms with van der Waals surface area (Å²) in [5, 5.41) is 0.244. The number of aromatic nitrogens is 2. The lowest BCUT2D eigenvalue weighted by Gasteiger charge is -2.10. The zero-order valence-corrected chi connectivity index (χ0v) is 13.4. The fourth-order valence-electron chi connectivity index (χ4n) is 2.18. The molecule has 3 aromatic rings. The zero-order chi connectivity index (χ0) is 16.6. The van der Waals surface area contributed by atoms with Gasteiger partial charge in [0.25, 0.3) is 10.0 Å². The molecular formula is C16H14FN3O2S. The third-order valence-corrected chi connectivity index (χ3v) is 4.75. The number of halogens is 1. The number of nitrogens with one attached hydrogen (secondary N) is 1. The summed E-state index contributed by atoms with van der Waals surface area (Å²) in [6.45, 7) is 3.55. The number of hydrogen-bond acceptors (Lipinski definition) is 4. The lowest BCUT2D eigenvalue weighted by molar-refractivity contribution is 0.601. The summed E-state index contributed by atoms with van der Waals surface area (Å²) < 4.78 is 41.2. The molecule has 0 aliphatic rings. The molecule has 0 unspecified atom stereocenters. The van der Waals surface area contributed by atoms with Gasteiger partial charge in [-0.3, -0.25) is 4.72 Å². The van der Waals surface area contributed by atoms with Crippen molar-refractivity contribution in [2.45, 2.75) is 18.7 Å². The third-order valence-electron chi connectivity index (χ3n) is 3.35. The molecule has 0 atom stereocenters. The van der Waals surface area contributed by atoms with Gasteiger partial charge in [0.05, 0.1) is 21.5 Å². The summed E-state index contributed by atoms with van der Waals surface area (Å²) in [6.07, 6.45) is 1.38. The minimum Gasteiger partial charge on any atom is -0.279 e. The van der Waals surface area contributed by atoms with Crippen molar-refractivity contribution in [1.82, 2.24) is 9.97 Å². The molecule has 0 fully saturated rings. The average molecular weight is 331 g/mol. The highest BCUT2D eigenvalue weighted by Gasteiger charge is 2.15. The molecule has 0 bridgehead atoms. The van der Waals surface area contributed by atoms with Crippen LogP contribution in [-0.4, -0.2) is 18.4 Å². The molecule has 0 radical (unpaired) electrons. The first kappa shape index (κ1) is 15.4. The first-order chi connectivity index (χ1) is 10.8. The van der Waals surface area contributed by atoms with Crippen LogP contribution in [-0.2, 0) is 10.0 Å². The van der Waals surface area contributed by atoms with Gasteiger partial charge in [-0.25, -0.2) is 22.8 Å². The molecule has 1 heterocycles. The van der Waals surface area contributed by atoms with Crippen LogP contribution in [0.5, 0.6) is 0 Å². The van der Waals surface area contributed by atoms with Crippen LogP contribution >= 0.6 is 0 Å². The normalized spacial score (nSPS) is 11.6. The van der Waals surface area contributed by atoms with E-state index in [1.807, 2.05) is 6.92 Å². The molecule has 1 N–H and O–H groups in total. The molecule has 7 heteroatoms. The third kappa shape index (κ3) is 3.14. The van der Waals surface area contributed by atoms with Crippen molar-refractivity contribution in [2.75, 3.05) is 4.72 Å². The number of sulfonamides is 1. The Kier molecular flexibility index (Phi) is 3.73. The Hall–Kier alpha value is -2.54. The molecule has 1 aromatic heterocycles. The van der Waals surface area contributed by atoms with Crippen molar-refractivity contribution in [3.05, 3.63) is 59.8 Å². The van der Waals surface area contributed by atoms with E-state index in [2.05, 4.69) is 14.7 Å². The number of benzene rings is 2. The number of aryl methyl sites for hydroxylation is 2. The van der Waals surface area contributed by atoms with Gasteiger partial charge >= 0.3 is 0 Å².